The first-order valence-electron chi connectivity index (χ1n) is 7.71. The van der Waals surface area contributed by atoms with Crippen LogP contribution in [0.5, 0.6) is 0 Å². The Balaban J connectivity index is 1.92. The molecule has 2 aromatic heterocycles. The summed E-state index contributed by atoms with van der Waals surface area (Å²) in [4.78, 5) is 17.9. The van der Waals surface area contributed by atoms with Gasteiger partial charge in [-0.15, -0.1) is 0 Å². The van der Waals surface area contributed by atoms with Gasteiger partial charge in [-0.1, -0.05) is 6.07 Å². The molecule has 1 fully saturated rings. The van der Waals surface area contributed by atoms with E-state index in [1.807, 2.05) is 42.2 Å². The molecular formula is C17H19N3O3S. The van der Waals surface area contributed by atoms with Gasteiger partial charge in [-0.05, 0) is 43.4 Å². The third-order valence-electron chi connectivity index (χ3n) is 4.03. The van der Waals surface area contributed by atoms with Gasteiger partial charge in [-0.25, -0.2) is 0 Å². The average Bonchev–Trinajstić information content (AvgIpc) is 3.16. The van der Waals surface area contributed by atoms with Crippen LogP contribution < -0.4 is 5.32 Å². The van der Waals surface area contributed by atoms with Gasteiger partial charge in [0, 0.05) is 12.7 Å². The largest absolute Gasteiger partial charge is 0.469 e. The van der Waals surface area contributed by atoms with Crippen LogP contribution in [-0.4, -0.2) is 34.6 Å². The Bertz CT molecular complexity index is 732. The van der Waals surface area contributed by atoms with Crippen LogP contribution in [0.3, 0.4) is 0 Å². The first-order chi connectivity index (χ1) is 11.6. The number of hydrogen-bond donors (Lipinski definition) is 1. The Kier molecular flexibility index (Phi) is 4.80. The molecule has 24 heavy (non-hydrogen) atoms. The summed E-state index contributed by atoms with van der Waals surface area (Å²) >= 11 is 5.48. The van der Waals surface area contributed by atoms with Crippen molar-refractivity contribution in [3.8, 4) is 0 Å². The number of esters is 1. The zero-order chi connectivity index (χ0) is 17.1. The number of pyridine rings is 1. The normalized spacial score (nSPS) is 20.1. The van der Waals surface area contributed by atoms with E-state index in [0.29, 0.717) is 11.7 Å². The molecule has 0 aromatic carbocycles. The molecule has 0 aliphatic carbocycles. The molecule has 0 spiro atoms. The Labute approximate surface area is 145 Å². The van der Waals surface area contributed by atoms with Crippen LogP contribution in [0.2, 0.25) is 0 Å². The second-order valence-corrected chi connectivity index (χ2v) is 5.98. The number of nitrogens with zero attached hydrogens (tertiary/aromatic N) is 2. The minimum Gasteiger partial charge on any atom is -0.469 e. The highest BCUT2D eigenvalue weighted by Crippen LogP contribution is 2.39. The van der Waals surface area contributed by atoms with Crippen molar-refractivity contribution in [3.05, 3.63) is 53.7 Å². The van der Waals surface area contributed by atoms with Gasteiger partial charge in [0.2, 0.25) is 0 Å². The van der Waals surface area contributed by atoms with Gasteiger partial charge in [0.25, 0.3) is 0 Å². The van der Waals surface area contributed by atoms with Gasteiger partial charge in [0.1, 0.15) is 17.6 Å². The summed E-state index contributed by atoms with van der Waals surface area (Å²) in [5.41, 5.74) is 0.875. The van der Waals surface area contributed by atoms with E-state index in [4.69, 9.17) is 21.4 Å². The van der Waals surface area contributed by atoms with Crippen LogP contribution in [-0.2, 0) is 9.53 Å². The number of carbonyl (C=O) groups excluding carboxylic acids is 1. The lowest BCUT2D eigenvalue weighted by atomic mass is 10.0. The van der Waals surface area contributed by atoms with Gasteiger partial charge in [0.15, 0.2) is 5.11 Å². The molecule has 1 aliphatic rings. The molecule has 6 nitrogen and oxygen atoms in total. The van der Waals surface area contributed by atoms with Crippen molar-refractivity contribution in [2.45, 2.75) is 25.4 Å². The lowest BCUT2D eigenvalue weighted by Gasteiger charge is -2.25. The number of aromatic nitrogens is 1. The van der Waals surface area contributed by atoms with E-state index in [1.165, 1.54) is 7.11 Å². The van der Waals surface area contributed by atoms with Crippen molar-refractivity contribution in [2.24, 2.45) is 0 Å². The smallest absolute Gasteiger partial charge is 0.307 e. The number of ether oxygens (including phenoxy) is 1. The predicted octanol–water partition coefficient (Wildman–Crippen LogP) is 2.52. The number of furan rings is 1. The number of methoxy groups -OCH3 is 1. The van der Waals surface area contributed by atoms with E-state index in [2.05, 4.69) is 10.3 Å². The lowest BCUT2D eigenvalue weighted by Crippen LogP contribution is -2.31. The maximum atomic E-state index is 11.5. The summed E-state index contributed by atoms with van der Waals surface area (Å²) in [6.07, 6.45) is 2.01. The molecule has 7 heteroatoms. The van der Waals surface area contributed by atoms with Crippen LogP contribution >= 0.6 is 12.2 Å². The van der Waals surface area contributed by atoms with Crippen molar-refractivity contribution in [2.75, 3.05) is 13.7 Å². The van der Waals surface area contributed by atoms with E-state index < -0.39 is 0 Å². The van der Waals surface area contributed by atoms with Gasteiger partial charge in [-0.3, -0.25) is 9.78 Å². The van der Waals surface area contributed by atoms with Crippen LogP contribution in [0, 0.1) is 6.92 Å². The van der Waals surface area contributed by atoms with Crippen molar-refractivity contribution < 1.29 is 13.9 Å². The number of thiocarbonyl (C=S) groups is 1. The quantitative estimate of drug-likeness (QED) is 0.660. The van der Waals surface area contributed by atoms with Crippen molar-refractivity contribution >= 4 is 23.3 Å². The highest BCUT2D eigenvalue weighted by Gasteiger charge is 2.41. The summed E-state index contributed by atoms with van der Waals surface area (Å²) < 4.78 is 10.6. The third-order valence-corrected chi connectivity index (χ3v) is 4.39. The molecule has 2 aromatic rings. The zero-order valence-corrected chi connectivity index (χ0v) is 14.4. The van der Waals surface area contributed by atoms with Crippen LogP contribution in [0.25, 0.3) is 0 Å². The number of nitrogens with one attached hydrogen (secondary N) is 1. The molecule has 0 saturated carbocycles. The fourth-order valence-electron chi connectivity index (χ4n) is 2.88. The average molecular weight is 345 g/mol. The SMILES string of the molecule is COC(=O)CCN1C(=S)N[C@H](c2ccccn2)[C@H]1c1ccc(C)o1. The number of aryl methyl sites for hydroxylation is 1. The maximum absolute atomic E-state index is 11.5. The highest BCUT2D eigenvalue weighted by atomic mass is 32.1. The molecule has 126 valence electrons. The van der Waals surface area contributed by atoms with Gasteiger partial charge < -0.3 is 19.4 Å². The fraction of sp³-hybridized carbons (Fsp3) is 0.353. The van der Waals surface area contributed by atoms with E-state index >= 15 is 0 Å². The number of rotatable bonds is 5. The van der Waals surface area contributed by atoms with Gasteiger partial charge in [0.05, 0.1) is 25.3 Å². The molecular weight excluding hydrogens is 326 g/mol. The van der Waals surface area contributed by atoms with E-state index in [1.54, 1.807) is 6.20 Å². The number of hydrogen-bond acceptors (Lipinski definition) is 5. The summed E-state index contributed by atoms with van der Waals surface area (Å²) in [7, 11) is 1.38. The molecule has 0 unspecified atom stereocenters. The van der Waals surface area contributed by atoms with E-state index in [9.17, 15) is 4.79 Å². The molecule has 1 aliphatic heterocycles. The second-order valence-electron chi connectivity index (χ2n) is 5.59. The molecule has 2 atom stereocenters. The summed E-state index contributed by atoms with van der Waals surface area (Å²) in [5.74, 6) is 1.35. The van der Waals surface area contributed by atoms with Crippen LogP contribution in [0.4, 0.5) is 0 Å². The van der Waals surface area contributed by atoms with Crippen molar-refractivity contribution in [1.29, 1.82) is 0 Å². The fourth-order valence-corrected chi connectivity index (χ4v) is 3.21. The molecule has 1 N–H and O–H groups in total. The molecule has 0 amide bonds. The maximum Gasteiger partial charge on any atom is 0.307 e. The van der Waals surface area contributed by atoms with Gasteiger partial charge in [-0.2, -0.15) is 0 Å². The lowest BCUT2D eigenvalue weighted by molar-refractivity contribution is -0.140. The first-order valence-corrected chi connectivity index (χ1v) is 8.12. The van der Waals surface area contributed by atoms with Gasteiger partial charge >= 0.3 is 5.97 Å². The third kappa shape index (κ3) is 3.26. The Morgan fingerprint density at radius 3 is 2.88 bits per heavy atom. The molecule has 0 radical (unpaired) electrons. The highest BCUT2D eigenvalue weighted by molar-refractivity contribution is 7.80. The van der Waals surface area contributed by atoms with Crippen LogP contribution in [0.1, 0.15) is 35.7 Å². The summed E-state index contributed by atoms with van der Waals surface area (Å²) in [6.45, 7) is 2.35. The standard InChI is InChI=1S/C17H19N3O3S/c1-11-6-7-13(23-11)16-15(12-5-3-4-9-18-12)19-17(24)20(16)10-8-14(21)22-2/h3-7,9,15-16H,8,10H2,1-2H3,(H,19,24)/t15-,16-/m1/s1. The summed E-state index contributed by atoms with van der Waals surface area (Å²) in [5, 5.41) is 3.88. The van der Waals surface area contributed by atoms with E-state index in [0.717, 1.165) is 17.2 Å². The first kappa shape index (κ1) is 16.4. The summed E-state index contributed by atoms with van der Waals surface area (Å²) in [6, 6.07) is 9.33. The zero-order valence-electron chi connectivity index (χ0n) is 13.6. The molecule has 3 rings (SSSR count). The molecule has 3 heterocycles. The minimum absolute atomic E-state index is 0.137. The van der Waals surface area contributed by atoms with Crippen molar-refractivity contribution in [1.82, 2.24) is 15.2 Å². The van der Waals surface area contributed by atoms with Crippen molar-refractivity contribution in [3.63, 3.8) is 0 Å². The monoisotopic (exact) mass is 345 g/mol. The molecule has 0 bridgehead atoms. The Morgan fingerprint density at radius 1 is 1.42 bits per heavy atom. The minimum atomic E-state index is -0.270. The predicted molar refractivity (Wildman–Crippen MR) is 92.2 cm³/mol. The van der Waals surface area contributed by atoms with E-state index in [-0.39, 0.29) is 24.5 Å². The Morgan fingerprint density at radius 2 is 2.25 bits per heavy atom. The second kappa shape index (κ2) is 7.00. The number of carbonyl (C=O) groups is 1. The Hall–Kier alpha value is -2.41. The van der Waals surface area contributed by atoms with Crippen LogP contribution in [0.15, 0.2) is 40.9 Å². The topological polar surface area (TPSA) is 67.6 Å². The molecule has 1 saturated heterocycles.